The average Bonchev–Trinajstić information content (AvgIpc) is 2.13. The minimum Gasteiger partial charge on any atom is -0.352 e. The van der Waals surface area contributed by atoms with Gasteiger partial charge in [-0.1, -0.05) is 13.8 Å². The van der Waals surface area contributed by atoms with Gasteiger partial charge in [0, 0.05) is 6.04 Å². The summed E-state index contributed by atoms with van der Waals surface area (Å²) in [5.41, 5.74) is 4.69. The minimum absolute atomic E-state index is 0.397. The lowest BCUT2D eigenvalue weighted by molar-refractivity contribution is -0.142. The molecule has 0 fully saturated rings. The molecule has 0 saturated heterocycles. The molecule has 0 heterocycles. The number of hydrogen-bond acceptors (Lipinski definition) is 2. The molecule has 1 amide bonds. The molecule has 0 aliphatic rings. The number of nitrogens with one attached hydrogen (secondary N) is 1. The second-order valence-corrected chi connectivity index (χ2v) is 4.06. The number of hydrogen-bond donors (Lipinski definition) is 2. The van der Waals surface area contributed by atoms with Crippen LogP contribution in [0.2, 0.25) is 0 Å². The summed E-state index contributed by atoms with van der Waals surface area (Å²) in [5, 5.41) is 2.29. The molecule has 1 unspecified atom stereocenters. The normalized spacial score (nSPS) is 14.7. The van der Waals surface area contributed by atoms with Crippen molar-refractivity contribution in [2.45, 2.75) is 57.8 Å². The molecular weight excluding hydrogens is 221 g/mol. The van der Waals surface area contributed by atoms with E-state index in [1.54, 1.807) is 13.8 Å². The van der Waals surface area contributed by atoms with Crippen molar-refractivity contribution in [3.63, 3.8) is 0 Å². The lowest BCUT2D eigenvalue weighted by atomic mass is 9.93. The Hall–Kier alpha value is -0.780. The highest BCUT2D eigenvalue weighted by Gasteiger charge is 2.34. The third-order valence-corrected chi connectivity index (χ3v) is 2.63. The van der Waals surface area contributed by atoms with E-state index in [9.17, 15) is 18.0 Å². The molecule has 0 saturated carbocycles. The highest BCUT2D eigenvalue weighted by molar-refractivity contribution is 5.86. The van der Waals surface area contributed by atoms with Gasteiger partial charge in [0.05, 0.1) is 12.0 Å². The number of carbonyl (C=O) groups excluding carboxylic acids is 1. The van der Waals surface area contributed by atoms with E-state index in [0.29, 0.717) is 12.8 Å². The molecule has 16 heavy (non-hydrogen) atoms. The Morgan fingerprint density at radius 1 is 1.31 bits per heavy atom. The van der Waals surface area contributed by atoms with Crippen LogP contribution in [0.5, 0.6) is 0 Å². The maximum absolute atomic E-state index is 12.0. The summed E-state index contributed by atoms with van der Waals surface area (Å²) in [7, 11) is 0. The van der Waals surface area contributed by atoms with E-state index < -0.39 is 30.1 Å². The van der Waals surface area contributed by atoms with E-state index in [2.05, 4.69) is 5.32 Å². The van der Waals surface area contributed by atoms with Crippen molar-refractivity contribution in [1.29, 1.82) is 0 Å². The number of amides is 1. The van der Waals surface area contributed by atoms with Crippen molar-refractivity contribution in [3.05, 3.63) is 0 Å². The number of halogens is 3. The van der Waals surface area contributed by atoms with Crippen LogP contribution in [-0.2, 0) is 4.79 Å². The highest BCUT2D eigenvalue weighted by Crippen LogP contribution is 2.22. The van der Waals surface area contributed by atoms with E-state index in [4.69, 9.17) is 5.73 Å². The summed E-state index contributed by atoms with van der Waals surface area (Å²) in [6.07, 6.45) is -4.52. The Bertz CT molecular complexity index is 237. The lowest BCUT2D eigenvalue weighted by Crippen LogP contribution is -2.55. The summed E-state index contributed by atoms with van der Waals surface area (Å²) < 4.78 is 36.1. The largest absolute Gasteiger partial charge is 0.391 e. The molecule has 0 aliphatic heterocycles. The standard InChI is InChI=1S/C10H19F3N2O/c1-4-9(14,5-2)8(16)15-7(3)6-10(11,12)13/h7H,4-6,14H2,1-3H3,(H,15,16). The van der Waals surface area contributed by atoms with Gasteiger partial charge in [0.1, 0.15) is 0 Å². The van der Waals surface area contributed by atoms with Gasteiger partial charge < -0.3 is 11.1 Å². The number of nitrogens with two attached hydrogens (primary N) is 1. The fourth-order valence-electron chi connectivity index (χ4n) is 1.34. The van der Waals surface area contributed by atoms with Crippen molar-refractivity contribution in [2.75, 3.05) is 0 Å². The van der Waals surface area contributed by atoms with Crippen LogP contribution in [0.15, 0.2) is 0 Å². The fraction of sp³-hybridized carbons (Fsp3) is 0.900. The maximum atomic E-state index is 12.0. The first-order valence-corrected chi connectivity index (χ1v) is 5.31. The molecule has 0 aromatic carbocycles. The smallest absolute Gasteiger partial charge is 0.352 e. The maximum Gasteiger partial charge on any atom is 0.391 e. The van der Waals surface area contributed by atoms with Gasteiger partial charge in [0.2, 0.25) is 5.91 Å². The molecule has 0 rings (SSSR count). The second kappa shape index (κ2) is 5.52. The molecule has 3 N–H and O–H groups in total. The third-order valence-electron chi connectivity index (χ3n) is 2.63. The molecule has 0 aromatic heterocycles. The van der Waals surface area contributed by atoms with Gasteiger partial charge in [0.25, 0.3) is 0 Å². The third kappa shape index (κ3) is 4.83. The molecular formula is C10H19F3N2O. The fourth-order valence-corrected chi connectivity index (χ4v) is 1.34. The first-order valence-electron chi connectivity index (χ1n) is 5.31. The Balaban J connectivity index is 4.34. The van der Waals surface area contributed by atoms with Crippen molar-refractivity contribution < 1.29 is 18.0 Å². The lowest BCUT2D eigenvalue weighted by Gasteiger charge is -2.27. The molecule has 96 valence electrons. The number of rotatable bonds is 5. The van der Waals surface area contributed by atoms with Crippen LogP contribution in [0, 0.1) is 0 Å². The molecule has 0 aliphatic carbocycles. The van der Waals surface area contributed by atoms with Crippen LogP contribution in [0.3, 0.4) is 0 Å². The summed E-state index contributed by atoms with van der Waals surface area (Å²) >= 11 is 0. The summed E-state index contributed by atoms with van der Waals surface area (Å²) in [5.74, 6) is -0.519. The monoisotopic (exact) mass is 240 g/mol. The van der Waals surface area contributed by atoms with Gasteiger partial charge in [-0.3, -0.25) is 4.79 Å². The van der Waals surface area contributed by atoms with Gasteiger partial charge in [-0.05, 0) is 19.8 Å². The van der Waals surface area contributed by atoms with Crippen LogP contribution < -0.4 is 11.1 Å². The zero-order valence-electron chi connectivity index (χ0n) is 9.82. The Kier molecular flexibility index (Phi) is 5.25. The Morgan fingerprint density at radius 3 is 2.06 bits per heavy atom. The average molecular weight is 240 g/mol. The van der Waals surface area contributed by atoms with Crippen molar-refractivity contribution >= 4 is 5.91 Å². The predicted molar refractivity (Wildman–Crippen MR) is 55.8 cm³/mol. The van der Waals surface area contributed by atoms with E-state index in [1.807, 2.05) is 0 Å². The quantitative estimate of drug-likeness (QED) is 0.771. The first kappa shape index (κ1) is 15.2. The van der Waals surface area contributed by atoms with Gasteiger partial charge in [-0.15, -0.1) is 0 Å². The minimum atomic E-state index is -4.28. The first-order chi connectivity index (χ1) is 7.14. The molecule has 0 bridgehead atoms. The zero-order valence-corrected chi connectivity index (χ0v) is 9.82. The Morgan fingerprint density at radius 2 is 1.75 bits per heavy atom. The van der Waals surface area contributed by atoms with Crippen LogP contribution in [0.1, 0.15) is 40.0 Å². The summed E-state index contributed by atoms with van der Waals surface area (Å²) in [6.45, 7) is 4.78. The van der Waals surface area contributed by atoms with Crippen molar-refractivity contribution in [3.8, 4) is 0 Å². The number of alkyl halides is 3. The molecule has 0 radical (unpaired) electrons. The number of carbonyl (C=O) groups is 1. The molecule has 6 heteroatoms. The Labute approximate surface area is 93.6 Å². The second-order valence-electron chi connectivity index (χ2n) is 4.06. The van der Waals surface area contributed by atoms with E-state index in [-0.39, 0.29) is 0 Å². The van der Waals surface area contributed by atoms with Gasteiger partial charge in [-0.2, -0.15) is 13.2 Å². The predicted octanol–water partition coefficient (Wildman–Crippen LogP) is 1.96. The van der Waals surface area contributed by atoms with Crippen molar-refractivity contribution in [2.24, 2.45) is 5.73 Å². The van der Waals surface area contributed by atoms with Crippen LogP contribution in [0.4, 0.5) is 13.2 Å². The zero-order chi connectivity index (χ0) is 13.0. The molecule has 0 aromatic rings. The van der Waals surface area contributed by atoms with Gasteiger partial charge >= 0.3 is 6.18 Å². The van der Waals surface area contributed by atoms with E-state index in [0.717, 1.165) is 0 Å². The summed E-state index contributed by atoms with van der Waals surface area (Å²) in [4.78, 5) is 11.6. The van der Waals surface area contributed by atoms with Gasteiger partial charge in [-0.25, -0.2) is 0 Å². The topological polar surface area (TPSA) is 55.1 Å². The highest BCUT2D eigenvalue weighted by atomic mass is 19.4. The molecule has 3 nitrogen and oxygen atoms in total. The van der Waals surface area contributed by atoms with Crippen LogP contribution in [0.25, 0.3) is 0 Å². The van der Waals surface area contributed by atoms with Gasteiger partial charge in [0.15, 0.2) is 0 Å². The molecule has 1 atom stereocenters. The van der Waals surface area contributed by atoms with Crippen molar-refractivity contribution in [1.82, 2.24) is 5.32 Å². The van der Waals surface area contributed by atoms with E-state index in [1.165, 1.54) is 6.92 Å². The van der Waals surface area contributed by atoms with Crippen LogP contribution >= 0.6 is 0 Å². The summed E-state index contributed by atoms with van der Waals surface area (Å²) in [6, 6.07) is -0.950. The van der Waals surface area contributed by atoms with E-state index >= 15 is 0 Å². The SMILES string of the molecule is CCC(N)(CC)C(=O)NC(C)CC(F)(F)F. The molecule has 0 spiro atoms. The van der Waals surface area contributed by atoms with Crippen LogP contribution in [-0.4, -0.2) is 23.7 Å².